The minimum atomic E-state index is 0.961. The number of pyridine rings is 1. The maximum Gasteiger partial charge on any atom is 0.0593 e. The van der Waals surface area contributed by atoms with Crippen LogP contribution in [0.4, 0.5) is 17.1 Å². The molecule has 4 heteroatoms. The molecule has 0 amide bonds. The lowest BCUT2D eigenvalue weighted by molar-refractivity contribution is 0.866. The number of hydrogen-bond donors (Lipinski definition) is 1. The van der Waals surface area contributed by atoms with E-state index in [1.165, 1.54) is 5.69 Å². The molecule has 1 heterocycles. The summed E-state index contributed by atoms with van der Waals surface area (Å²) in [6.45, 7) is 6.39. The topological polar surface area (TPSA) is 28.2 Å². The summed E-state index contributed by atoms with van der Waals surface area (Å²) in [6.07, 6.45) is 3.56. The van der Waals surface area contributed by atoms with Crippen LogP contribution in [0.3, 0.4) is 0 Å². The number of nitrogens with zero attached hydrogens (tertiary/aromatic N) is 2. The zero-order chi connectivity index (χ0) is 13.7. The SMILES string of the molecule is CCN(CC)c1ccc(Nc2ccncc2Br)cc1. The predicted octanol–water partition coefficient (Wildman–Crippen LogP) is 4.43. The molecule has 2 aromatic rings. The molecule has 0 unspecified atom stereocenters. The van der Waals surface area contributed by atoms with Gasteiger partial charge in [-0.25, -0.2) is 0 Å². The van der Waals surface area contributed by atoms with Gasteiger partial charge in [0.15, 0.2) is 0 Å². The molecule has 100 valence electrons. The van der Waals surface area contributed by atoms with E-state index >= 15 is 0 Å². The Morgan fingerprint density at radius 2 is 1.79 bits per heavy atom. The zero-order valence-electron chi connectivity index (χ0n) is 11.2. The summed E-state index contributed by atoms with van der Waals surface area (Å²) < 4.78 is 0.961. The van der Waals surface area contributed by atoms with Crippen molar-refractivity contribution in [3.05, 3.63) is 47.2 Å². The first kappa shape index (κ1) is 13.9. The number of benzene rings is 1. The smallest absolute Gasteiger partial charge is 0.0593 e. The van der Waals surface area contributed by atoms with E-state index in [1.807, 2.05) is 6.07 Å². The van der Waals surface area contributed by atoms with Gasteiger partial charge in [0.1, 0.15) is 0 Å². The number of hydrogen-bond acceptors (Lipinski definition) is 3. The van der Waals surface area contributed by atoms with Gasteiger partial charge < -0.3 is 10.2 Å². The molecule has 0 aliphatic rings. The zero-order valence-corrected chi connectivity index (χ0v) is 12.8. The van der Waals surface area contributed by atoms with Crippen LogP contribution in [0.5, 0.6) is 0 Å². The van der Waals surface area contributed by atoms with Crippen molar-refractivity contribution in [3.8, 4) is 0 Å². The molecule has 0 atom stereocenters. The number of rotatable bonds is 5. The Hall–Kier alpha value is -1.55. The van der Waals surface area contributed by atoms with Gasteiger partial charge in [0, 0.05) is 36.9 Å². The molecule has 0 aliphatic carbocycles. The van der Waals surface area contributed by atoms with E-state index in [2.05, 4.69) is 69.2 Å². The van der Waals surface area contributed by atoms with E-state index in [4.69, 9.17) is 0 Å². The number of nitrogens with one attached hydrogen (secondary N) is 1. The van der Waals surface area contributed by atoms with Crippen molar-refractivity contribution in [2.75, 3.05) is 23.3 Å². The predicted molar refractivity (Wildman–Crippen MR) is 85.2 cm³/mol. The van der Waals surface area contributed by atoms with E-state index in [1.54, 1.807) is 12.4 Å². The third-order valence-electron chi connectivity index (χ3n) is 3.05. The highest BCUT2D eigenvalue weighted by Gasteiger charge is 2.03. The Bertz CT molecular complexity index is 521. The third kappa shape index (κ3) is 3.47. The molecule has 0 saturated heterocycles. The first-order valence-corrected chi connectivity index (χ1v) is 7.25. The summed E-state index contributed by atoms with van der Waals surface area (Å²) in [5, 5.41) is 3.37. The van der Waals surface area contributed by atoms with Crippen molar-refractivity contribution in [2.24, 2.45) is 0 Å². The largest absolute Gasteiger partial charge is 0.372 e. The van der Waals surface area contributed by atoms with Crippen molar-refractivity contribution < 1.29 is 0 Å². The van der Waals surface area contributed by atoms with Crippen molar-refractivity contribution in [3.63, 3.8) is 0 Å². The number of aromatic nitrogens is 1. The fourth-order valence-electron chi connectivity index (χ4n) is 1.98. The van der Waals surface area contributed by atoms with Gasteiger partial charge in [-0.15, -0.1) is 0 Å². The van der Waals surface area contributed by atoms with Crippen LogP contribution in [0.15, 0.2) is 47.2 Å². The summed E-state index contributed by atoms with van der Waals surface area (Å²) >= 11 is 3.48. The van der Waals surface area contributed by atoms with Crippen LogP contribution in [-0.4, -0.2) is 18.1 Å². The van der Waals surface area contributed by atoms with E-state index in [0.717, 1.165) is 28.9 Å². The molecule has 0 fully saturated rings. The summed E-state index contributed by atoms with van der Waals surface area (Å²) in [7, 11) is 0. The van der Waals surface area contributed by atoms with E-state index in [9.17, 15) is 0 Å². The summed E-state index contributed by atoms with van der Waals surface area (Å²) in [5.74, 6) is 0. The average Bonchev–Trinajstić information content (AvgIpc) is 2.44. The second-order valence-electron chi connectivity index (χ2n) is 4.20. The van der Waals surface area contributed by atoms with Gasteiger partial charge >= 0.3 is 0 Å². The Labute approximate surface area is 122 Å². The summed E-state index contributed by atoms with van der Waals surface area (Å²) in [5.41, 5.74) is 3.35. The lowest BCUT2D eigenvalue weighted by atomic mass is 10.2. The maximum absolute atomic E-state index is 4.05. The monoisotopic (exact) mass is 319 g/mol. The van der Waals surface area contributed by atoms with Gasteiger partial charge in [-0.05, 0) is 60.1 Å². The highest BCUT2D eigenvalue weighted by molar-refractivity contribution is 9.10. The number of anilines is 3. The fraction of sp³-hybridized carbons (Fsp3) is 0.267. The van der Waals surface area contributed by atoms with Crippen molar-refractivity contribution >= 4 is 33.0 Å². The van der Waals surface area contributed by atoms with E-state index in [0.29, 0.717) is 0 Å². The van der Waals surface area contributed by atoms with Gasteiger partial charge in [-0.2, -0.15) is 0 Å². The van der Waals surface area contributed by atoms with Crippen LogP contribution in [0.25, 0.3) is 0 Å². The van der Waals surface area contributed by atoms with Crippen molar-refractivity contribution in [1.82, 2.24) is 4.98 Å². The van der Waals surface area contributed by atoms with Crippen molar-refractivity contribution in [1.29, 1.82) is 0 Å². The van der Waals surface area contributed by atoms with Gasteiger partial charge in [-0.1, -0.05) is 0 Å². The maximum atomic E-state index is 4.05. The molecule has 1 N–H and O–H groups in total. The van der Waals surface area contributed by atoms with Gasteiger partial charge in [0.2, 0.25) is 0 Å². The van der Waals surface area contributed by atoms with Crippen LogP contribution in [0.2, 0.25) is 0 Å². The van der Waals surface area contributed by atoms with Gasteiger partial charge in [-0.3, -0.25) is 4.98 Å². The lowest BCUT2D eigenvalue weighted by Gasteiger charge is -2.21. The third-order valence-corrected chi connectivity index (χ3v) is 3.68. The van der Waals surface area contributed by atoms with Crippen molar-refractivity contribution in [2.45, 2.75) is 13.8 Å². The molecule has 0 bridgehead atoms. The molecule has 0 saturated carbocycles. The second-order valence-corrected chi connectivity index (χ2v) is 5.05. The highest BCUT2D eigenvalue weighted by Crippen LogP contribution is 2.25. The molecule has 0 spiro atoms. The van der Waals surface area contributed by atoms with Gasteiger partial charge in [0.05, 0.1) is 10.2 Å². The van der Waals surface area contributed by atoms with Crippen LogP contribution in [0, 0.1) is 0 Å². The Morgan fingerprint density at radius 1 is 1.11 bits per heavy atom. The summed E-state index contributed by atoms with van der Waals surface area (Å²) in [4.78, 5) is 6.38. The molecule has 1 aromatic carbocycles. The molecule has 3 nitrogen and oxygen atoms in total. The first-order chi connectivity index (χ1) is 9.24. The van der Waals surface area contributed by atoms with Crippen LogP contribution >= 0.6 is 15.9 Å². The lowest BCUT2D eigenvalue weighted by Crippen LogP contribution is -2.21. The first-order valence-electron chi connectivity index (χ1n) is 6.46. The minimum Gasteiger partial charge on any atom is -0.372 e. The van der Waals surface area contributed by atoms with Crippen LogP contribution < -0.4 is 10.2 Å². The molecule has 1 aromatic heterocycles. The van der Waals surface area contributed by atoms with E-state index < -0.39 is 0 Å². The normalized spacial score (nSPS) is 10.3. The summed E-state index contributed by atoms with van der Waals surface area (Å²) in [6, 6.07) is 10.4. The molecule has 19 heavy (non-hydrogen) atoms. The highest BCUT2D eigenvalue weighted by atomic mass is 79.9. The Balaban J connectivity index is 2.13. The molecule has 0 radical (unpaired) electrons. The standard InChI is InChI=1S/C15H18BrN3/c1-3-19(4-2)13-7-5-12(6-8-13)18-15-9-10-17-11-14(15)16/h5-11H,3-4H2,1-2H3,(H,17,18). The second kappa shape index (κ2) is 6.57. The molecular formula is C15H18BrN3. The van der Waals surface area contributed by atoms with Crippen LogP contribution in [0.1, 0.15) is 13.8 Å². The Kier molecular flexibility index (Phi) is 4.80. The quantitative estimate of drug-likeness (QED) is 0.883. The molecular weight excluding hydrogens is 302 g/mol. The minimum absolute atomic E-state index is 0.961. The van der Waals surface area contributed by atoms with Crippen LogP contribution in [-0.2, 0) is 0 Å². The average molecular weight is 320 g/mol. The van der Waals surface area contributed by atoms with E-state index in [-0.39, 0.29) is 0 Å². The fourth-order valence-corrected chi connectivity index (χ4v) is 2.33. The van der Waals surface area contributed by atoms with Gasteiger partial charge in [0.25, 0.3) is 0 Å². The Morgan fingerprint density at radius 3 is 2.37 bits per heavy atom. The molecule has 2 rings (SSSR count). The number of halogens is 1. The molecule has 0 aliphatic heterocycles.